The van der Waals surface area contributed by atoms with E-state index in [1.54, 1.807) is 17.1 Å². The molecule has 6 N–H and O–H groups in total. The first kappa shape index (κ1) is 12.9. The Bertz CT molecular complexity index is 764. The summed E-state index contributed by atoms with van der Waals surface area (Å²) >= 11 is 0. The standard InChI is InChI=1S/C14H15N7/c15-12-6-10(13(16)14(17)19-12)8-21-18-7-11(20-21)9-4-2-1-3-5-9/h1-7H,8,16H2,(H4,15,17,19). The minimum absolute atomic E-state index is 0.223. The van der Waals surface area contributed by atoms with Gasteiger partial charge in [-0.15, -0.1) is 0 Å². The lowest BCUT2D eigenvalue weighted by Gasteiger charge is -2.08. The van der Waals surface area contributed by atoms with Crippen molar-refractivity contribution in [1.82, 2.24) is 20.0 Å². The quantitative estimate of drug-likeness (QED) is 0.661. The molecule has 0 radical (unpaired) electrons. The lowest BCUT2D eigenvalue weighted by atomic mass is 10.2. The number of hydrogen-bond acceptors (Lipinski definition) is 6. The van der Waals surface area contributed by atoms with E-state index in [4.69, 9.17) is 17.2 Å². The van der Waals surface area contributed by atoms with Crippen LogP contribution in [0, 0.1) is 0 Å². The van der Waals surface area contributed by atoms with Crippen molar-refractivity contribution in [3.63, 3.8) is 0 Å². The van der Waals surface area contributed by atoms with E-state index in [1.807, 2.05) is 30.3 Å². The molecule has 0 aliphatic carbocycles. The molecule has 0 saturated carbocycles. The number of benzene rings is 1. The van der Waals surface area contributed by atoms with Crippen molar-refractivity contribution in [1.29, 1.82) is 0 Å². The van der Waals surface area contributed by atoms with Crippen LogP contribution in [0.25, 0.3) is 11.3 Å². The normalized spacial score (nSPS) is 10.7. The van der Waals surface area contributed by atoms with Crippen molar-refractivity contribution < 1.29 is 0 Å². The molecule has 0 atom stereocenters. The molecule has 3 rings (SSSR count). The van der Waals surface area contributed by atoms with Gasteiger partial charge in [0, 0.05) is 11.1 Å². The van der Waals surface area contributed by atoms with Gasteiger partial charge in [-0.3, -0.25) is 0 Å². The molecule has 0 unspecified atom stereocenters. The molecule has 21 heavy (non-hydrogen) atoms. The minimum Gasteiger partial charge on any atom is -0.395 e. The summed E-state index contributed by atoms with van der Waals surface area (Å²) in [5, 5.41) is 8.66. The van der Waals surface area contributed by atoms with Crippen LogP contribution in [0.3, 0.4) is 0 Å². The largest absolute Gasteiger partial charge is 0.395 e. The van der Waals surface area contributed by atoms with E-state index in [1.165, 1.54) is 0 Å². The first-order valence-electron chi connectivity index (χ1n) is 6.39. The summed E-state index contributed by atoms with van der Waals surface area (Å²) in [7, 11) is 0. The van der Waals surface area contributed by atoms with E-state index in [0.29, 0.717) is 18.1 Å². The van der Waals surface area contributed by atoms with Gasteiger partial charge in [0.1, 0.15) is 17.3 Å². The maximum Gasteiger partial charge on any atom is 0.149 e. The second kappa shape index (κ2) is 5.12. The molecule has 0 saturated heterocycles. The van der Waals surface area contributed by atoms with Crippen molar-refractivity contribution in [2.75, 3.05) is 17.2 Å². The van der Waals surface area contributed by atoms with Crippen LogP contribution < -0.4 is 17.2 Å². The summed E-state index contributed by atoms with van der Waals surface area (Å²) in [6, 6.07) is 11.5. The average molecular weight is 281 g/mol. The Morgan fingerprint density at radius 1 is 1.05 bits per heavy atom. The molecule has 0 spiro atoms. The van der Waals surface area contributed by atoms with Gasteiger partial charge < -0.3 is 17.2 Å². The summed E-state index contributed by atoms with van der Waals surface area (Å²) in [4.78, 5) is 5.46. The third-order valence-electron chi connectivity index (χ3n) is 3.11. The smallest absolute Gasteiger partial charge is 0.149 e. The Kier molecular flexibility index (Phi) is 3.15. The molecule has 0 aliphatic heterocycles. The first-order valence-corrected chi connectivity index (χ1v) is 6.39. The molecule has 3 aromatic rings. The van der Waals surface area contributed by atoms with Crippen molar-refractivity contribution in [3.05, 3.63) is 48.2 Å². The number of hydrogen-bond donors (Lipinski definition) is 3. The molecular weight excluding hydrogens is 266 g/mol. The highest BCUT2D eigenvalue weighted by molar-refractivity contribution is 5.66. The van der Waals surface area contributed by atoms with Gasteiger partial charge in [0.15, 0.2) is 0 Å². The van der Waals surface area contributed by atoms with Crippen LogP contribution in [0.15, 0.2) is 42.6 Å². The summed E-state index contributed by atoms with van der Waals surface area (Å²) in [5.74, 6) is 0.549. The van der Waals surface area contributed by atoms with Crippen LogP contribution in [0.2, 0.25) is 0 Å². The molecule has 2 heterocycles. The number of rotatable bonds is 3. The van der Waals surface area contributed by atoms with Gasteiger partial charge >= 0.3 is 0 Å². The van der Waals surface area contributed by atoms with Crippen molar-refractivity contribution in [3.8, 4) is 11.3 Å². The lowest BCUT2D eigenvalue weighted by Crippen LogP contribution is -2.10. The predicted octanol–water partition coefficient (Wildman–Crippen LogP) is 1.14. The topological polar surface area (TPSA) is 122 Å². The molecule has 7 heteroatoms. The van der Waals surface area contributed by atoms with E-state index in [0.717, 1.165) is 16.8 Å². The van der Waals surface area contributed by atoms with E-state index in [9.17, 15) is 0 Å². The predicted molar refractivity (Wildman–Crippen MR) is 82.0 cm³/mol. The number of nitrogen functional groups attached to an aromatic ring is 3. The molecular formula is C14H15N7. The van der Waals surface area contributed by atoms with Gasteiger partial charge in [0.05, 0.1) is 18.4 Å². The van der Waals surface area contributed by atoms with Crippen LogP contribution in [-0.4, -0.2) is 20.0 Å². The van der Waals surface area contributed by atoms with E-state index in [2.05, 4.69) is 15.2 Å². The van der Waals surface area contributed by atoms with Crippen LogP contribution in [0.1, 0.15) is 5.56 Å². The fourth-order valence-electron chi connectivity index (χ4n) is 2.05. The second-order valence-corrected chi connectivity index (χ2v) is 4.63. The number of aromatic nitrogens is 4. The summed E-state index contributed by atoms with van der Waals surface area (Å²) in [5.41, 5.74) is 20.2. The molecule has 2 aromatic heterocycles. The Labute approximate surface area is 121 Å². The summed E-state index contributed by atoms with van der Waals surface area (Å²) in [6.07, 6.45) is 1.71. The zero-order valence-electron chi connectivity index (χ0n) is 11.3. The number of nitrogens with two attached hydrogens (primary N) is 3. The minimum atomic E-state index is 0.223. The summed E-state index contributed by atoms with van der Waals surface area (Å²) in [6.45, 7) is 0.385. The van der Waals surface area contributed by atoms with Crippen molar-refractivity contribution in [2.45, 2.75) is 6.54 Å². The van der Waals surface area contributed by atoms with Gasteiger partial charge in [-0.25, -0.2) is 4.98 Å². The van der Waals surface area contributed by atoms with Gasteiger partial charge in [0.25, 0.3) is 0 Å². The molecule has 0 bridgehead atoms. The molecule has 7 nitrogen and oxygen atoms in total. The highest BCUT2D eigenvalue weighted by atomic mass is 15.5. The van der Waals surface area contributed by atoms with Gasteiger partial charge in [0.2, 0.25) is 0 Å². The monoisotopic (exact) mass is 281 g/mol. The van der Waals surface area contributed by atoms with Gasteiger partial charge in [-0.2, -0.15) is 15.0 Å². The highest BCUT2D eigenvalue weighted by Crippen LogP contribution is 2.21. The number of anilines is 3. The van der Waals surface area contributed by atoms with Crippen molar-refractivity contribution in [2.24, 2.45) is 0 Å². The lowest BCUT2D eigenvalue weighted by molar-refractivity contribution is 0.593. The first-order chi connectivity index (χ1) is 10.1. The second-order valence-electron chi connectivity index (χ2n) is 4.63. The van der Waals surface area contributed by atoms with E-state index >= 15 is 0 Å². The van der Waals surface area contributed by atoms with Gasteiger partial charge in [-0.05, 0) is 6.07 Å². The highest BCUT2D eigenvalue weighted by Gasteiger charge is 2.09. The fraction of sp³-hybridized carbons (Fsp3) is 0.0714. The SMILES string of the molecule is Nc1cc(Cn2ncc(-c3ccccc3)n2)c(N)c(N)n1. The van der Waals surface area contributed by atoms with Crippen LogP contribution in [-0.2, 0) is 6.54 Å². The Balaban J connectivity index is 1.89. The Morgan fingerprint density at radius 3 is 2.57 bits per heavy atom. The zero-order valence-corrected chi connectivity index (χ0v) is 11.3. The van der Waals surface area contributed by atoms with Gasteiger partial charge in [-0.1, -0.05) is 30.3 Å². The molecule has 0 fully saturated rings. The van der Waals surface area contributed by atoms with Crippen molar-refractivity contribution >= 4 is 17.3 Å². The summed E-state index contributed by atoms with van der Waals surface area (Å²) < 4.78 is 0. The van der Waals surface area contributed by atoms with E-state index < -0.39 is 0 Å². The fourth-order valence-corrected chi connectivity index (χ4v) is 2.05. The van der Waals surface area contributed by atoms with Crippen LogP contribution in [0.4, 0.5) is 17.3 Å². The molecule has 106 valence electrons. The van der Waals surface area contributed by atoms with E-state index in [-0.39, 0.29) is 5.82 Å². The Hall–Kier alpha value is -3.09. The number of nitrogens with zero attached hydrogens (tertiary/aromatic N) is 4. The Morgan fingerprint density at radius 2 is 1.81 bits per heavy atom. The average Bonchev–Trinajstić information content (AvgIpc) is 2.94. The third kappa shape index (κ3) is 2.62. The molecule has 0 amide bonds. The number of pyridine rings is 1. The van der Waals surface area contributed by atoms with Crippen LogP contribution in [0.5, 0.6) is 0 Å². The van der Waals surface area contributed by atoms with Crippen LogP contribution >= 0.6 is 0 Å². The molecule has 1 aromatic carbocycles. The molecule has 0 aliphatic rings. The third-order valence-corrected chi connectivity index (χ3v) is 3.11. The maximum atomic E-state index is 5.91. The maximum absolute atomic E-state index is 5.91. The zero-order chi connectivity index (χ0) is 14.8.